The zero-order valence-electron chi connectivity index (χ0n) is 10.5. The first-order valence-corrected chi connectivity index (χ1v) is 8.02. The molecule has 0 unspecified atom stereocenters. The standard InChI is InChI=1S/C14H13NO3S2/c16-13(8-7-9(8)14(17)18)15-12(10-3-1-5-19-10)11-4-2-6-20-11/h1-6,8-9,12H,7H2,(H,15,16)(H,17,18)/t8-,9+/m1/s1. The van der Waals surface area contributed by atoms with E-state index in [9.17, 15) is 9.59 Å². The number of hydrogen-bond donors (Lipinski definition) is 2. The molecule has 2 N–H and O–H groups in total. The maximum Gasteiger partial charge on any atom is 0.307 e. The van der Waals surface area contributed by atoms with Gasteiger partial charge in [-0.15, -0.1) is 22.7 Å². The highest BCUT2D eigenvalue weighted by Crippen LogP contribution is 2.40. The van der Waals surface area contributed by atoms with Crippen LogP contribution >= 0.6 is 22.7 Å². The first-order chi connectivity index (χ1) is 9.66. The largest absolute Gasteiger partial charge is 0.481 e. The lowest BCUT2D eigenvalue weighted by Gasteiger charge is -2.16. The van der Waals surface area contributed by atoms with Crippen molar-refractivity contribution < 1.29 is 14.7 Å². The Morgan fingerprint density at radius 3 is 2.15 bits per heavy atom. The predicted molar refractivity (Wildman–Crippen MR) is 77.9 cm³/mol. The highest BCUT2D eigenvalue weighted by atomic mass is 32.1. The molecular formula is C14H13NO3S2. The fourth-order valence-electron chi connectivity index (χ4n) is 2.20. The fraction of sp³-hybridized carbons (Fsp3) is 0.286. The zero-order valence-corrected chi connectivity index (χ0v) is 12.1. The molecule has 1 fully saturated rings. The van der Waals surface area contributed by atoms with Gasteiger partial charge in [-0.25, -0.2) is 0 Å². The molecule has 0 spiro atoms. The van der Waals surface area contributed by atoms with Crippen LogP contribution in [0, 0.1) is 11.8 Å². The van der Waals surface area contributed by atoms with E-state index in [-0.39, 0.29) is 17.9 Å². The second kappa shape index (κ2) is 5.38. The Kier molecular flexibility index (Phi) is 3.58. The van der Waals surface area contributed by atoms with Crippen molar-refractivity contribution in [1.29, 1.82) is 0 Å². The smallest absolute Gasteiger partial charge is 0.307 e. The number of carbonyl (C=O) groups excluding carboxylic acids is 1. The van der Waals surface area contributed by atoms with E-state index in [0.29, 0.717) is 6.42 Å². The average molecular weight is 307 g/mol. The van der Waals surface area contributed by atoms with Gasteiger partial charge in [0.15, 0.2) is 0 Å². The number of amides is 1. The SMILES string of the molecule is O=C(O)[C@H]1C[C@H]1C(=O)NC(c1cccs1)c1cccs1. The number of thiophene rings is 2. The molecule has 1 aliphatic carbocycles. The predicted octanol–water partition coefficient (Wildman–Crippen LogP) is 2.74. The van der Waals surface area contributed by atoms with Crippen LogP contribution in [0.15, 0.2) is 35.0 Å². The van der Waals surface area contributed by atoms with Crippen molar-refractivity contribution in [3.05, 3.63) is 44.8 Å². The lowest BCUT2D eigenvalue weighted by molar-refractivity contribution is -0.140. The summed E-state index contributed by atoms with van der Waals surface area (Å²) >= 11 is 3.17. The molecule has 0 bridgehead atoms. The van der Waals surface area contributed by atoms with Crippen LogP contribution in [0.5, 0.6) is 0 Å². The molecule has 2 heterocycles. The number of hydrogen-bond acceptors (Lipinski definition) is 4. The number of carboxylic acids is 1. The third-order valence-corrected chi connectivity index (χ3v) is 5.26. The first-order valence-electron chi connectivity index (χ1n) is 6.27. The molecule has 2 aromatic heterocycles. The van der Waals surface area contributed by atoms with Gasteiger partial charge in [-0.1, -0.05) is 12.1 Å². The van der Waals surface area contributed by atoms with Gasteiger partial charge in [-0.2, -0.15) is 0 Å². The van der Waals surface area contributed by atoms with Crippen LogP contribution in [0.1, 0.15) is 22.2 Å². The van der Waals surface area contributed by atoms with E-state index in [4.69, 9.17) is 5.11 Å². The Bertz CT molecular complexity index is 572. The highest BCUT2D eigenvalue weighted by Gasteiger charge is 2.48. The molecule has 2 atom stereocenters. The number of aliphatic carboxylic acids is 1. The molecule has 3 rings (SSSR count). The molecular weight excluding hydrogens is 294 g/mol. The quantitative estimate of drug-likeness (QED) is 0.892. The van der Waals surface area contributed by atoms with Crippen molar-refractivity contribution in [2.45, 2.75) is 12.5 Å². The molecule has 104 valence electrons. The van der Waals surface area contributed by atoms with Crippen molar-refractivity contribution in [2.24, 2.45) is 11.8 Å². The summed E-state index contributed by atoms with van der Waals surface area (Å²) in [7, 11) is 0. The molecule has 1 amide bonds. The molecule has 0 saturated heterocycles. The summed E-state index contributed by atoms with van der Waals surface area (Å²) < 4.78 is 0. The number of rotatable bonds is 5. The number of carbonyl (C=O) groups is 2. The molecule has 20 heavy (non-hydrogen) atoms. The normalized spacial score (nSPS) is 20.9. The highest BCUT2D eigenvalue weighted by molar-refractivity contribution is 7.11. The Balaban J connectivity index is 1.75. The summed E-state index contributed by atoms with van der Waals surface area (Å²) in [6, 6.07) is 7.69. The third kappa shape index (κ3) is 2.62. The van der Waals surface area contributed by atoms with Crippen LogP contribution in [-0.4, -0.2) is 17.0 Å². The third-order valence-electron chi connectivity index (χ3n) is 3.39. The van der Waals surface area contributed by atoms with E-state index < -0.39 is 11.9 Å². The van der Waals surface area contributed by atoms with Gasteiger partial charge in [0, 0.05) is 9.75 Å². The maximum atomic E-state index is 12.2. The fourth-order valence-corrected chi connectivity index (χ4v) is 3.86. The summed E-state index contributed by atoms with van der Waals surface area (Å²) in [6.45, 7) is 0. The Hall–Kier alpha value is -1.66. The summed E-state index contributed by atoms with van der Waals surface area (Å²) in [6.07, 6.45) is 0.447. The van der Waals surface area contributed by atoms with Gasteiger partial charge in [0.2, 0.25) is 5.91 Å². The van der Waals surface area contributed by atoms with Crippen LogP contribution < -0.4 is 5.32 Å². The van der Waals surface area contributed by atoms with E-state index in [2.05, 4.69) is 5.32 Å². The van der Waals surface area contributed by atoms with Gasteiger partial charge >= 0.3 is 5.97 Å². The second-order valence-corrected chi connectivity index (χ2v) is 6.72. The van der Waals surface area contributed by atoms with Crippen LogP contribution in [-0.2, 0) is 9.59 Å². The number of nitrogens with one attached hydrogen (secondary N) is 1. The number of carboxylic acid groups (broad SMARTS) is 1. The average Bonchev–Trinajstić information content (AvgIpc) is 2.85. The van der Waals surface area contributed by atoms with Gasteiger partial charge in [0.1, 0.15) is 0 Å². The van der Waals surface area contributed by atoms with Crippen molar-refractivity contribution >= 4 is 34.6 Å². The van der Waals surface area contributed by atoms with Crippen molar-refractivity contribution in [1.82, 2.24) is 5.32 Å². The van der Waals surface area contributed by atoms with E-state index in [0.717, 1.165) is 9.75 Å². The van der Waals surface area contributed by atoms with E-state index in [1.54, 1.807) is 22.7 Å². The molecule has 1 saturated carbocycles. The minimum absolute atomic E-state index is 0.163. The second-order valence-electron chi connectivity index (χ2n) is 4.76. The Morgan fingerprint density at radius 2 is 1.75 bits per heavy atom. The molecule has 1 aliphatic rings. The zero-order chi connectivity index (χ0) is 14.1. The summed E-state index contributed by atoms with van der Waals surface area (Å²) in [5.74, 6) is -1.93. The Labute approximate surface area is 124 Å². The van der Waals surface area contributed by atoms with Crippen LogP contribution in [0.2, 0.25) is 0 Å². The van der Waals surface area contributed by atoms with E-state index >= 15 is 0 Å². The minimum Gasteiger partial charge on any atom is -0.481 e. The monoisotopic (exact) mass is 307 g/mol. The van der Waals surface area contributed by atoms with Crippen LogP contribution in [0.25, 0.3) is 0 Å². The lowest BCUT2D eigenvalue weighted by atomic mass is 10.2. The summed E-state index contributed by atoms with van der Waals surface area (Å²) in [5, 5.41) is 15.8. The topological polar surface area (TPSA) is 66.4 Å². The van der Waals surface area contributed by atoms with Crippen molar-refractivity contribution in [3.63, 3.8) is 0 Å². The molecule has 0 aromatic carbocycles. The maximum absolute atomic E-state index is 12.2. The van der Waals surface area contributed by atoms with Gasteiger partial charge in [-0.05, 0) is 29.3 Å². The molecule has 6 heteroatoms. The minimum atomic E-state index is -0.881. The van der Waals surface area contributed by atoms with E-state index in [1.165, 1.54) is 0 Å². The van der Waals surface area contributed by atoms with Crippen LogP contribution in [0.3, 0.4) is 0 Å². The van der Waals surface area contributed by atoms with Crippen LogP contribution in [0.4, 0.5) is 0 Å². The van der Waals surface area contributed by atoms with Crippen molar-refractivity contribution in [2.75, 3.05) is 0 Å². The van der Waals surface area contributed by atoms with Crippen molar-refractivity contribution in [3.8, 4) is 0 Å². The molecule has 2 aromatic rings. The molecule has 0 aliphatic heterocycles. The molecule has 0 radical (unpaired) electrons. The molecule has 4 nitrogen and oxygen atoms in total. The van der Waals surface area contributed by atoms with Gasteiger partial charge in [0.25, 0.3) is 0 Å². The van der Waals surface area contributed by atoms with Gasteiger partial charge < -0.3 is 10.4 Å². The first kappa shape index (κ1) is 13.3. The van der Waals surface area contributed by atoms with Gasteiger partial charge in [0.05, 0.1) is 17.9 Å². The lowest BCUT2D eigenvalue weighted by Crippen LogP contribution is -2.30. The Morgan fingerprint density at radius 1 is 1.15 bits per heavy atom. The summed E-state index contributed by atoms with van der Waals surface area (Å²) in [5.41, 5.74) is 0. The van der Waals surface area contributed by atoms with Gasteiger partial charge in [-0.3, -0.25) is 9.59 Å². The van der Waals surface area contributed by atoms with E-state index in [1.807, 2.05) is 35.0 Å². The summed E-state index contributed by atoms with van der Waals surface area (Å²) in [4.78, 5) is 25.1.